The Kier molecular flexibility index (Phi) is 1.62. The Bertz CT molecular complexity index is 194. The zero-order valence-electron chi connectivity index (χ0n) is 5.11. The molecule has 0 amide bonds. The minimum Gasteiger partial charge on any atom is -0.476 e. The van der Waals surface area contributed by atoms with E-state index in [4.69, 9.17) is 9.84 Å². The molecule has 0 aromatic heterocycles. The lowest BCUT2D eigenvalue weighted by molar-refractivity contribution is -0.163. The molecule has 0 saturated heterocycles. The number of hydrogen-bond acceptors (Lipinski definition) is 3. The van der Waals surface area contributed by atoms with Gasteiger partial charge in [-0.3, -0.25) is 0 Å². The van der Waals surface area contributed by atoms with Crippen LogP contribution in [0.25, 0.3) is 0 Å². The van der Waals surface area contributed by atoms with Crippen LogP contribution in [-0.4, -0.2) is 17.4 Å². The summed E-state index contributed by atoms with van der Waals surface area (Å²) in [6.07, 6.45) is 1.39. The van der Waals surface area contributed by atoms with Gasteiger partial charge in [0.05, 0.1) is 0 Å². The molecule has 1 N–H and O–H groups in total. The second-order valence-corrected chi connectivity index (χ2v) is 1.65. The molecular formula is C6H6O4. The number of carboxylic acid groups (broad SMARTS) is 1. The molecule has 1 heterocycles. The van der Waals surface area contributed by atoms with Gasteiger partial charge in [-0.1, -0.05) is 6.58 Å². The third-order valence-corrected chi connectivity index (χ3v) is 0.954. The standard InChI is InChI=1S/C6H6O4/c1-2-4-3-9-6(10-4)5(7)8/h2-3,6H,1H2,(H,7,8). The Morgan fingerprint density at radius 3 is 2.90 bits per heavy atom. The van der Waals surface area contributed by atoms with Crippen LogP contribution in [0.2, 0.25) is 0 Å². The summed E-state index contributed by atoms with van der Waals surface area (Å²) in [5.74, 6) is -0.805. The van der Waals surface area contributed by atoms with E-state index in [-0.39, 0.29) is 0 Å². The Morgan fingerprint density at radius 1 is 1.90 bits per heavy atom. The fraction of sp³-hybridized carbons (Fsp3) is 0.167. The van der Waals surface area contributed by atoms with Gasteiger partial charge in [-0.15, -0.1) is 0 Å². The van der Waals surface area contributed by atoms with E-state index in [0.29, 0.717) is 5.76 Å². The molecule has 0 saturated carbocycles. The summed E-state index contributed by atoms with van der Waals surface area (Å²) in [5, 5.41) is 8.31. The first-order valence-corrected chi connectivity index (χ1v) is 2.61. The molecular weight excluding hydrogens is 136 g/mol. The van der Waals surface area contributed by atoms with Crippen molar-refractivity contribution in [1.29, 1.82) is 0 Å². The Hall–Kier alpha value is -1.45. The molecule has 1 aliphatic heterocycles. The lowest BCUT2D eigenvalue weighted by Crippen LogP contribution is -2.20. The molecule has 54 valence electrons. The third kappa shape index (κ3) is 1.10. The average molecular weight is 142 g/mol. The molecule has 0 aromatic carbocycles. The van der Waals surface area contributed by atoms with Crippen LogP contribution in [0.5, 0.6) is 0 Å². The van der Waals surface area contributed by atoms with Crippen molar-refractivity contribution in [1.82, 2.24) is 0 Å². The third-order valence-electron chi connectivity index (χ3n) is 0.954. The van der Waals surface area contributed by atoms with E-state index >= 15 is 0 Å². The molecule has 0 fully saturated rings. The van der Waals surface area contributed by atoms with Crippen molar-refractivity contribution < 1.29 is 19.4 Å². The summed E-state index contributed by atoms with van der Waals surface area (Å²) in [6, 6.07) is 0. The van der Waals surface area contributed by atoms with Crippen molar-refractivity contribution >= 4 is 5.97 Å². The van der Waals surface area contributed by atoms with Crippen molar-refractivity contribution in [2.75, 3.05) is 0 Å². The smallest absolute Gasteiger partial charge is 0.387 e. The molecule has 1 atom stereocenters. The normalized spacial score (nSPS) is 22.4. The summed E-state index contributed by atoms with van der Waals surface area (Å²) in [4.78, 5) is 10.1. The summed E-state index contributed by atoms with van der Waals surface area (Å²) < 4.78 is 9.26. The zero-order valence-corrected chi connectivity index (χ0v) is 5.11. The van der Waals surface area contributed by atoms with Crippen LogP contribution in [0.3, 0.4) is 0 Å². The number of carbonyl (C=O) groups is 1. The average Bonchev–Trinajstić information content (AvgIpc) is 2.34. The number of allylic oxidation sites excluding steroid dienone is 1. The SMILES string of the molecule is C=CC1=COC(C(=O)O)O1. The molecule has 0 bridgehead atoms. The van der Waals surface area contributed by atoms with E-state index in [1.165, 1.54) is 12.3 Å². The number of rotatable bonds is 2. The second-order valence-electron chi connectivity index (χ2n) is 1.65. The van der Waals surface area contributed by atoms with Crippen molar-refractivity contribution in [3.8, 4) is 0 Å². The van der Waals surface area contributed by atoms with Crippen molar-refractivity contribution in [3.63, 3.8) is 0 Å². The van der Waals surface area contributed by atoms with Crippen LogP contribution in [-0.2, 0) is 14.3 Å². The second kappa shape index (κ2) is 2.43. The first-order valence-electron chi connectivity index (χ1n) is 2.61. The lowest BCUT2D eigenvalue weighted by atomic mass is 10.5. The summed E-state index contributed by atoms with van der Waals surface area (Å²) in [6.45, 7) is 3.37. The van der Waals surface area contributed by atoms with Gasteiger partial charge in [0, 0.05) is 0 Å². The predicted molar refractivity (Wildman–Crippen MR) is 31.9 cm³/mol. The molecule has 4 heteroatoms. The Labute approximate surface area is 57.4 Å². The number of ether oxygens (including phenoxy) is 2. The Balaban J connectivity index is 2.51. The fourth-order valence-electron chi connectivity index (χ4n) is 0.513. The van der Waals surface area contributed by atoms with Crippen LogP contribution in [0, 0.1) is 0 Å². The molecule has 10 heavy (non-hydrogen) atoms. The van der Waals surface area contributed by atoms with Crippen LogP contribution in [0.1, 0.15) is 0 Å². The Morgan fingerprint density at radius 2 is 2.60 bits per heavy atom. The highest BCUT2D eigenvalue weighted by molar-refractivity contribution is 5.71. The highest BCUT2D eigenvalue weighted by Gasteiger charge is 2.24. The number of hydrogen-bond donors (Lipinski definition) is 1. The molecule has 1 unspecified atom stereocenters. The first-order chi connectivity index (χ1) is 4.74. The van der Waals surface area contributed by atoms with Gasteiger partial charge >= 0.3 is 12.3 Å². The molecule has 1 rings (SSSR count). The van der Waals surface area contributed by atoms with Gasteiger partial charge < -0.3 is 14.6 Å². The highest BCUT2D eigenvalue weighted by atomic mass is 16.7. The van der Waals surface area contributed by atoms with Crippen molar-refractivity contribution in [3.05, 3.63) is 24.7 Å². The van der Waals surface area contributed by atoms with Gasteiger partial charge in [0.2, 0.25) is 0 Å². The minimum atomic E-state index is -1.20. The van der Waals surface area contributed by atoms with Gasteiger partial charge in [-0.25, -0.2) is 4.79 Å². The van der Waals surface area contributed by atoms with E-state index in [2.05, 4.69) is 11.3 Å². The van der Waals surface area contributed by atoms with Crippen molar-refractivity contribution in [2.24, 2.45) is 0 Å². The largest absolute Gasteiger partial charge is 0.476 e. The van der Waals surface area contributed by atoms with E-state index in [0.717, 1.165) is 0 Å². The van der Waals surface area contributed by atoms with Crippen LogP contribution < -0.4 is 0 Å². The van der Waals surface area contributed by atoms with Crippen LogP contribution >= 0.6 is 0 Å². The van der Waals surface area contributed by atoms with Gasteiger partial charge in [-0.2, -0.15) is 0 Å². The maximum Gasteiger partial charge on any atom is 0.387 e. The highest BCUT2D eigenvalue weighted by Crippen LogP contribution is 2.14. The van der Waals surface area contributed by atoms with E-state index in [9.17, 15) is 4.79 Å². The molecule has 0 aliphatic carbocycles. The van der Waals surface area contributed by atoms with Gasteiger partial charge in [0.25, 0.3) is 0 Å². The lowest BCUT2D eigenvalue weighted by Gasteiger charge is -2.03. The summed E-state index contributed by atoms with van der Waals surface area (Å²) >= 11 is 0. The first kappa shape index (κ1) is 6.67. The maximum atomic E-state index is 10.1. The summed E-state index contributed by atoms with van der Waals surface area (Å²) in [7, 11) is 0. The molecule has 0 radical (unpaired) electrons. The number of aliphatic carboxylic acids is 1. The van der Waals surface area contributed by atoms with E-state index < -0.39 is 12.3 Å². The van der Waals surface area contributed by atoms with Crippen molar-refractivity contribution in [2.45, 2.75) is 6.29 Å². The number of carboxylic acids is 1. The van der Waals surface area contributed by atoms with E-state index in [1.807, 2.05) is 0 Å². The van der Waals surface area contributed by atoms with Gasteiger partial charge in [-0.05, 0) is 6.08 Å². The molecule has 4 nitrogen and oxygen atoms in total. The maximum absolute atomic E-state index is 10.1. The van der Waals surface area contributed by atoms with E-state index in [1.54, 1.807) is 0 Å². The quantitative estimate of drug-likeness (QED) is 0.608. The predicted octanol–water partition coefficient (Wildman–Crippen LogP) is 0.471. The van der Waals surface area contributed by atoms with Gasteiger partial charge in [0.1, 0.15) is 6.26 Å². The fourth-order valence-corrected chi connectivity index (χ4v) is 0.513. The molecule has 0 aromatic rings. The van der Waals surface area contributed by atoms with Crippen LogP contribution in [0.15, 0.2) is 24.7 Å². The monoisotopic (exact) mass is 142 g/mol. The summed E-state index contributed by atoms with van der Waals surface area (Å²) in [5.41, 5.74) is 0. The molecule has 0 spiro atoms. The van der Waals surface area contributed by atoms with Gasteiger partial charge in [0.15, 0.2) is 5.76 Å². The topological polar surface area (TPSA) is 55.8 Å². The zero-order chi connectivity index (χ0) is 7.56. The van der Waals surface area contributed by atoms with Crippen LogP contribution in [0.4, 0.5) is 0 Å². The minimum absolute atomic E-state index is 0.340. The molecule has 1 aliphatic rings.